The van der Waals surface area contributed by atoms with Gasteiger partial charge in [-0.15, -0.1) is 0 Å². The topological polar surface area (TPSA) is 142 Å². The van der Waals surface area contributed by atoms with E-state index in [0.717, 1.165) is 42.4 Å². The largest absolute Gasteiger partial charge is 0.481 e. The average molecular weight is 542 g/mol. The summed E-state index contributed by atoms with van der Waals surface area (Å²) in [5.74, 6) is -1.56. The molecule has 0 bridgehead atoms. The van der Waals surface area contributed by atoms with E-state index in [0.29, 0.717) is 17.8 Å². The minimum atomic E-state index is -1.03. The Bertz CT molecular complexity index is 1320. The average Bonchev–Trinajstić information content (AvgIpc) is 3.05. The normalized spacial score (nSPS) is 13.2. The number of nitrogens with zero attached hydrogens (tertiary/aromatic N) is 3. The van der Waals surface area contributed by atoms with E-state index >= 15 is 0 Å². The molecule has 2 amide bonds. The van der Waals surface area contributed by atoms with Crippen molar-refractivity contribution in [3.8, 4) is 0 Å². The lowest BCUT2D eigenvalue weighted by Crippen LogP contribution is -2.42. The third kappa shape index (κ3) is 7.05. The first-order valence-electron chi connectivity index (χ1n) is 13.5. The number of nitrogens with two attached hydrogens (primary N) is 2. The van der Waals surface area contributed by atoms with Gasteiger partial charge in [0, 0.05) is 13.1 Å². The summed E-state index contributed by atoms with van der Waals surface area (Å²) >= 11 is 0. The number of unbranched alkanes of at least 4 members (excludes halogenated alkanes) is 2. The van der Waals surface area contributed by atoms with Gasteiger partial charge in [-0.25, -0.2) is 0 Å². The van der Waals surface area contributed by atoms with Crippen LogP contribution in [0.25, 0.3) is 0 Å². The summed E-state index contributed by atoms with van der Waals surface area (Å²) in [4.78, 5) is 46.1. The first-order valence-corrected chi connectivity index (χ1v) is 13.5. The molecule has 4 rings (SSSR count). The van der Waals surface area contributed by atoms with E-state index in [1.54, 1.807) is 4.90 Å². The SMILES string of the molecule is NC(N)=NCCCCCc1ccc2c(c1)C(=O)N(CCC(=O)O)CC(=O)N2C(c1ccccc1)c1ccccc1. The van der Waals surface area contributed by atoms with Crippen LogP contribution in [0, 0.1) is 0 Å². The fraction of sp³-hybridized carbons (Fsp3) is 0.290. The van der Waals surface area contributed by atoms with Gasteiger partial charge in [0.05, 0.1) is 23.7 Å². The maximum atomic E-state index is 13.9. The van der Waals surface area contributed by atoms with Gasteiger partial charge in [-0.3, -0.25) is 24.3 Å². The minimum Gasteiger partial charge on any atom is -0.481 e. The Morgan fingerprint density at radius 1 is 0.900 bits per heavy atom. The van der Waals surface area contributed by atoms with Gasteiger partial charge in [-0.1, -0.05) is 73.2 Å². The minimum absolute atomic E-state index is 0.0520. The van der Waals surface area contributed by atoms with Gasteiger partial charge in [-0.2, -0.15) is 0 Å². The molecule has 5 N–H and O–H groups in total. The second-order valence-corrected chi connectivity index (χ2v) is 9.83. The van der Waals surface area contributed by atoms with E-state index in [4.69, 9.17) is 11.5 Å². The van der Waals surface area contributed by atoms with Gasteiger partial charge >= 0.3 is 5.97 Å². The number of hydrogen-bond donors (Lipinski definition) is 3. The highest BCUT2D eigenvalue weighted by Gasteiger charge is 2.36. The summed E-state index contributed by atoms with van der Waals surface area (Å²) in [5.41, 5.74) is 14.5. The molecule has 3 aromatic carbocycles. The van der Waals surface area contributed by atoms with E-state index in [1.165, 1.54) is 4.90 Å². The number of aryl methyl sites for hydroxylation is 1. The molecule has 1 heterocycles. The van der Waals surface area contributed by atoms with Crippen LogP contribution in [0.3, 0.4) is 0 Å². The molecule has 1 aliphatic heterocycles. The summed E-state index contributed by atoms with van der Waals surface area (Å²) in [6, 6.07) is 24.6. The Balaban J connectivity index is 1.72. The number of amides is 2. The van der Waals surface area contributed by atoms with Crippen LogP contribution in [-0.2, 0) is 16.0 Å². The lowest BCUT2D eigenvalue weighted by Gasteiger charge is -2.33. The van der Waals surface area contributed by atoms with Crippen molar-refractivity contribution < 1.29 is 19.5 Å². The second-order valence-electron chi connectivity index (χ2n) is 9.83. The lowest BCUT2D eigenvalue weighted by atomic mass is 9.95. The summed E-state index contributed by atoms with van der Waals surface area (Å²) in [5, 5.41) is 9.28. The van der Waals surface area contributed by atoms with Gasteiger partial charge in [0.2, 0.25) is 5.91 Å². The number of anilines is 1. The highest BCUT2D eigenvalue weighted by atomic mass is 16.4. The molecule has 9 nitrogen and oxygen atoms in total. The monoisotopic (exact) mass is 541 g/mol. The summed E-state index contributed by atoms with van der Waals surface area (Å²) < 4.78 is 0. The molecule has 0 fully saturated rings. The Morgan fingerprint density at radius 3 is 2.15 bits per heavy atom. The number of carbonyl (C=O) groups excluding carboxylic acids is 2. The first-order chi connectivity index (χ1) is 19.3. The number of carboxylic acid groups (broad SMARTS) is 1. The number of guanidine groups is 1. The van der Waals surface area contributed by atoms with Crippen molar-refractivity contribution in [3.63, 3.8) is 0 Å². The molecular formula is C31H35N5O4. The number of aliphatic imine (C=N–C) groups is 1. The predicted molar refractivity (Wildman–Crippen MR) is 155 cm³/mol. The quantitative estimate of drug-likeness (QED) is 0.181. The molecule has 0 saturated heterocycles. The maximum absolute atomic E-state index is 13.9. The highest BCUT2D eigenvalue weighted by Crippen LogP contribution is 2.37. The molecule has 3 aromatic rings. The van der Waals surface area contributed by atoms with Crippen LogP contribution >= 0.6 is 0 Å². The summed E-state index contributed by atoms with van der Waals surface area (Å²) in [7, 11) is 0. The number of hydrogen-bond acceptors (Lipinski definition) is 4. The van der Waals surface area contributed by atoms with Crippen LogP contribution in [0.4, 0.5) is 5.69 Å². The first kappa shape index (κ1) is 28.4. The van der Waals surface area contributed by atoms with Crippen molar-refractivity contribution in [2.75, 3.05) is 24.5 Å². The van der Waals surface area contributed by atoms with Crippen molar-refractivity contribution in [1.29, 1.82) is 0 Å². The van der Waals surface area contributed by atoms with Crippen LogP contribution in [0.5, 0.6) is 0 Å². The number of benzene rings is 3. The zero-order chi connectivity index (χ0) is 28.5. The molecule has 1 aliphatic rings. The van der Waals surface area contributed by atoms with Crippen LogP contribution < -0.4 is 16.4 Å². The Kier molecular flexibility index (Phi) is 9.51. The van der Waals surface area contributed by atoms with Gasteiger partial charge < -0.3 is 21.5 Å². The fourth-order valence-corrected chi connectivity index (χ4v) is 5.02. The predicted octanol–water partition coefficient (Wildman–Crippen LogP) is 3.73. The molecule has 0 aliphatic carbocycles. The Labute approximate surface area is 234 Å². The number of carbonyl (C=O) groups is 3. The smallest absolute Gasteiger partial charge is 0.305 e. The van der Waals surface area contributed by atoms with E-state index < -0.39 is 12.0 Å². The molecular weight excluding hydrogens is 506 g/mol. The van der Waals surface area contributed by atoms with Crippen LogP contribution in [-0.4, -0.2) is 53.4 Å². The third-order valence-electron chi connectivity index (χ3n) is 6.94. The van der Waals surface area contributed by atoms with Gasteiger partial charge in [0.15, 0.2) is 5.96 Å². The van der Waals surface area contributed by atoms with Crippen molar-refractivity contribution in [2.45, 2.75) is 38.1 Å². The molecule has 0 radical (unpaired) electrons. The van der Waals surface area contributed by atoms with Gasteiger partial charge in [0.25, 0.3) is 5.91 Å². The zero-order valence-electron chi connectivity index (χ0n) is 22.4. The summed E-state index contributed by atoms with van der Waals surface area (Å²) in [6.45, 7) is 0.307. The van der Waals surface area contributed by atoms with E-state index in [9.17, 15) is 19.5 Å². The maximum Gasteiger partial charge on any atom is 0.305 e. The van der Waals surface area contributed by atoms with Crippen molar-refractivity contribution in [2.24, 2.45) is 16.5 Å². The molecule has 0 atom stereocenters. The highest BCUT2D eigenvalue weighted by molar-refractivity contribution is 6.10. The molecule has 40 heavy (non-hydrogen) atoms. The Morgan fingerprint density at radius 2 is 1.55 bits per heavy atom. The van der Waals surface area contributed by atoms with Crippen molar-refractivity contribution in [1.82, 2.24) is 4.90 Å². The molecule has 0 aromatic heterocycles. The van der Waals surface area contributed by atoms with E-state index in [-0.39, 0.29) is 37.3 Å². The molecule has 0 unspecified atom stereocenters. The number of fused-ring (bicyclic) bond motifs is 1. The number of rotatable bonds is 12. The molecule has 0 spiro atoms. The van der Waals surface area contributed by atoms with Gasteiger partial charge in [0.1, 0.15) is 6.54 Å². The van der Waals surface area contributed by atoms with Crippen molar-refractivity contribution in [3.05, 3.63) is 101 Å². The van der Waals surface area contributed by atoms with E-state index in [2.05, 4.69) is 4.99 Å². The van der Waals surface area contributed by atoms with Gasteiger partial charge in [-0.05, 0) is 48.1 Å². The van der Waals surface area contributed by atoms with Crippen LogP contribution in [0.1, 0.15) is 58.8 Å². The fourth-order valence-electron chi connectivity index (χ4n) is 5.02. The van der Waals surface area contributed by atoms with E-state index in [1.807, 2.05) is 78.9 Å². The standard InChI is InChI=1S/C31H35N5O4/c32-31(33)34-18-9-3-4-10-22-15-16-26-25(20-22)30(40)35(19-17-28(38)39)21-27(37)36(26)29(23-11-5-1-6-12-23)24-13-7-2-8-14-24/h1-2,5-8,11-16,20,29H,3-4,9-10,17-19,21H2,(H,38,39)(H4,32,33,34). The van der Waals surface area contributed by atoms with Crippen LogP contribution in [0.2, 0.25) is 0 Å². The van der Waals surface area contributed by atoms with Crippen molar-refractivity contribution >= 4 is 29.4 Å². The molecule has 9 heteroatoms. The number of aliphatic carboxylic acids is 1. The van der Waals surface area contributed by atoms with Crippen LogP contribution in [0.15, 0.2) is 83.9 Å². The zero-order valence-corrected chi connectivity index (χ0v) is 22.4. The summed E-state index contributed by atoms with van der Waals surface area (Å²) in [6.07, 6.45) is 3.15. The molecule has 208 valence electrons. The second kappa shape index (κ2) is 13.4. The Hall–Kier alpha value is -4.66. The number of carboxylic acids is 1. The lowest BCUT2D eigenvalue weighted by molar-refractivity contribution is -0.137. The third-order valence-corrected chi connectivity index (χ3v) is 6.94. The molecule has 0 saturated carbocycles.